The van der Waals surface area contributed by atoms with Crippen LogP contribution in [0.25, 0.3) is 0 Å². The van der Waals surface area contributed by atoms with Crippen LogP contribution >= 0.6 is 24.0 Å². The molecule has 1 aromatic heterocycles. The summed E-state index contributed by atoms with van der Waals surface area (Å²) in [5, 5.41) is 2.08. The number of carbonyl (C=O) groups is 1. The summed E-state index contributed by atoms with van der Waals surface area (Å²) in [5.74, 6) is -2.56. The molecule has 1 aliphatic heterocycles. The van der Waals surface area contributed by atoms with Crippen LogP contribution in [0.3, 0.4) is 0 Å². The maximum Gasteiger partial charge on any atom is 0.255 e. The first kappa shape index (κ1) is 26.4. The molecule has 0 atom stereocenters. The van der Waals surface area contributed by atoms with Gasteiger partial charge in [0.25, 0.3) is 5.91 Å². The van der Waals surface area contributed by atoms with E-state index in [9.17, 15) is 22.0 Å². The Bertz CT molecular complexity index is 1050. The molecule has 0 aliphatic carbocycles. The molecule has 2 heterocycles. The molecule has 0 bridgehead atoms. The normalized spacial score (nSPS) is 16.2. The maximum atomic E-state index is 14.1. The van der Waals surface area contributed by atoms with Gasteiger partial charge in [0.05, 0.1) is 16.3 Å². The first-order chi connectivity index (χ1) is 14.7. The highest BCUT2D eigenvalue weighted by Gasteiger charge is 2.40. The number of nitrogens with one attached hydrogen (secondary N) is 1. The van der Waals surface area contributed by atoms with Crippen LogP contribution < -0.4 is 5.32 Å². The van der Waals surface area contributed by atoms with Gasteiger partial charge in [0.2, 0.25) is 10.0 Å². The van der Waals surface area contributed by atoms with E-state index in [1.165, 1.54) is 4.31 Å². The van der Waals surface area contributed by atoms with Gasteiger partial charge in [-0.25, -0.2) is 21.5 Å². The van der Waals surface area contributed by atoms with Gasteiger partial charge in [-0.2, -0.15) is 0 Å². The number of piperidine rings is 1. The highest BCUT2D eigenvalue weighted by atomic mass is 35.5. The Balaban J connectivity index is 0.00000363. The molecule has 1 saturated heterocycles. The highest BCUT2D eigenvalue weighted by molar-refractivity contribution is 7.89. The Kier molecular flexibility index (Phi) is 8.98. The largest absolute Gasteiger partial charge is 0.351 e. The van der Waals surface area contributed by atoms with Crippen molar-refractivity contribution < 1.29 is 22.0 Å². The SMILES string of the molecule is CCCS(=O)(=O)N1CCC(CNC(=O)c2c(F)ccc(F)c2Cl)(c2ccccn2)CC1.Cl. The number of nitrogens with zero attached hydrogens (tertiary/aromatic N) is 2. The van der Waals surface area contributed by atoms with E-state index in [2.05, 4.69) is 10.3 Å². The van der Waals surface area contributed by atoms with Gasteiger partial charge in [0.15, 0.2) is 0 Å². The standard InChI is InChI=1S/C21H24ClF2N3O3S.ClH/c1-2-13-31(29,30)27-11-8-21(9-12-27,17-5-3-4-10-25-17)14-26-20(28)18-15(23)6-7-16(24)19(18)22;/h3-7,10H,2,8-9,11-14H2,1H3,(H,26,28);1H. The lowest BCUT2D eigenvalue weighted by atomic mass is 9.75. The Morgan fingerprint density at radius 1 is 1.19 bits per heavy atom. The zero-order valence-electron chi connectivity index (χ0n) is 17.5. The number of hydrogen-bond donors (Lipinski definition) is 1. The number of amides is 1. The lowest BCUT2D eigenvalue weighted by Crippen LogP contribution is -2.51. The number of rotatable bonds is 7. The van der Waals surface area contributed by atoms with E-state index in [4.69, 9.17) is 11.6 Å². The highest BCUT2D eigenvalue weighted by Crippen LogP contribution is 2.35. The molecule has 6 nitrogen and oxygen atoms in total. The average molecular weight is 508 g/mol. The van der Waals surface area contributed by atoms with Crippen LogP contribution in [0, 0.1) is 11.6 Å². The minimum Gasteiger partial charge on any atom is -0.351 e. The molecule has 0 unspecified atom stereocenters. The summed E-state index contributed by atoms with van der Waals surface area (Å²) in [7, 11) is -3.34. The van der Waals surface area contributed by atoms with Crippen LogP contribution in [-0.4, -0.2) is 49.0 Å². The van der Waals surface area contributed by atoms with E-state index >= 15 is 0 Å². The molecule has 32 heavy (non-hydrogen) atoms. The summed E-state index contributed by atoms with van der Waals surface area (Å²) in [6.45, 7) is 2.45. The monoisotopic (exact) mass is 507 g/mol. The third-order valence-corrected chi connectivity index (χ3v) is 8.05. The Morgan fingerprint density at radius 3 is 2.44 bits per heavy atom. The summed E-state index contributed by atoms with van der Waals surface area (Å²) < 4.78 is 54.2. The van der Waals surface area contributed by atoms with E-state index < -0.39 is 43.6 Å². The molecule has 1 N–H and O–H groups in total. The molecule has 176 valence electrons. The van der Waals surface area contributed by atoms with Crippen LogP contribution in [0.1, 0.15) is 42.2 Å². The minimum absolute atomic E-state index is 0. The van der Waals surface area contributed by atoms with Crippen molar-refractivity contribution in [3.63, 3.8) is 0 Å². The van der Waals surface area contributed by atoms with Crippen molar-refractivity contribution in [1.29, 1.82) is 0 Å². The second-order valence-corrected chi connectivity index (χ2v) is 10.1. The fraction of sp³-hybridized carbons (Fsp3) is 0.429. The fourth-order valence-corrected chi connectivity index (χ4v) is 5.60. The molecule has 3 rings (SSSR count). The molecule has 2 aromatic rings. The predicted octanol–water partition coefficient (Wildman–Crippen LogP) is 3.94. The Morgan fingerprint density at radius 2 is 1.84 bits per heavy atom. The lowest BCUT2D eigenvalue weighted by Gasteiger charge is -2.41. The molecular formula is C21H25Cl2F2N3O3S. The summed E-state index contributed by atoms with van der Waals surface area (Å²) in [6.07, 6.45) is 3.00. The fourth-order valence-electron chi connectivity index (χ4n) is 3.85. The number of hydrogen-bond acceptors (Lipinski definition) is 4. The molecule has 0 radical (unpaired) electrons. The van der Waals surface area contributed by atoms with Gasteiger partial charge in [-0.15, -0.1) is 12.4 Å². The number of halogens is 4. The van der Waals surface area contributed by atoms with Gasteiger partial charge in [-0.1, -0.05) is 24.6 Å². The predicted molar refractivity (Wildman–Crippen MR) is 122 cm³/mol. The molecule has 0 spiro atoms. The number of benzene rings is 1. The van der Waals surface area contributed by atoms with Crippen molar-refractivity contribution in [2.75, 3.05) is 25.4 Å². The summed E-state index contributed by atoms with van der Waals surface area (Å²) in [5.41, 5.74) is -0.500. The van der Waals surface area contributed by atoms with E-state index in [1.807, 2.05) is 19.1 Å². The van der Waals surface area contributed by atoms with Crippen molar-refractivity contribution in [2.45, 2.75) is 31.6 Å². The number of aromatic nitrogens is 1. The van der Waals surface area contributed by atoms with Crippen LogP contribution in [0.15, 0.2) is 36.5 Å². The van der Waals surface area contributed by atoms with E-state index in [0.717, 1.165) is 12.1 Å². The van der Waals surface area contributed by atoms with Crippen LogP contribution in [0.5, 0.6) is 0 Å². The van der Waals surface area contributed by atoms with Gasteiger partial charge in [-0.3, -0.25) is 9.78 Å². The number of sulfonamides is 1. The summed E-state index contributed by atoms with van der Waals surface area (Å²) in [4.78, 5) is 17.1. The quantitative estimate of drug-likeness (QED) is 0.575. The molecular weight excluding hydrogens is 483 g/mol. The van der Waals surface area contributed by atoms with Gasteiger partial charge in [0, 0.05) is 36.9 Å². The molecule has 11 heteroatoms. The minimum atomic E-state index is -3.34. The lowest BCUT2D eigenvalue weighted by molar-refractivity contribution is 0.0927. The topological polar surface area (TPSA) is 79.4 Å². The van der Waals surface area contributed by atoms with Crippen molar-refractivity contribution in [2.24, 2.45) is 0 Å². The van der Waals surface area contributed by atoms with Crippen molar-refractivity contribution >= 4 is 39.9 Å². The van der Waals surface area contributed by atoms with Gasteiger partial charge in [-0.05, 0) is 43.5 Å². The number of pyridine rings is 1. The maximum absolute atomic E-state index is 14.1. The molecule has 1 fully saturated rings. The molecule has 1 aromatic carbocycles. The Labute approximate surface area is 197 Å². The van der Waals surface area contributed by atoms with Gasteiger partial charge in [0.1, 0.15) is 11.6 Å². The first-order valence-corrected chi connectivity index (χ1v) is 12.0. The molecule has 1 aliphatic rings. The summed E-state index contributed by atoms with van der Waals surface area (Å²) in [6, 6.07) is 7.10. The van der Waals surface area contributed by atoms with Crippen molar-refractivity contribution in [1.82, 2.24) is 14.6 Å². The van der Waals surface area contributed by atoms with E-state index in [1.54, 1.807) is 12.3 Å². The first-order valence-electron chi connectivity index (χ1n) is 10.0. The summed E-state index contributed by atoms with van der Waals surface area (Å²) >= 11 is 5.80. The zero-order chi connectivity index (χ0) is 22.6. The third kappa shape index (κ3) is 5.57. The second-order valence-electron chi connectivity index (χ2n) is 7.61. The van der Waals surface area contributed by atoms with Gasteiger partial charge < -0.3 is 5.32 Å². The van der Waals surface area contributed by atoms with Crippen LogP contribution in [0.4, 0.5) is 8.78 Å². The van der Waals surface area contributed by atoms with Crippen molar-refractivity contribution in [3.8, 4) is 0 Å². The zero-order valence-corrected chi connectivity index (χ0v) is 19.9. The smallest absolute Gasteiger partial charge is 0.255 e. The van der Waals surface area contributed by atoms with E-state index in [-0.39, 0.29) is 37.8 Å². The Hall–Kier alpha value is -1.81. The van der Waals surface area contributed by atoms with Crippen LogP contribution in [0.2, 0.25) is 5.02 Å². The average Bonchev–Trinajstić information content (AvgIpc) is 2.76. The molecule has 0 saturated carbocycles. The van der Waals surface area contributed by atoms with Crippen molar-refractivity contribution in [3.05, 3.63) is 64.4 Å². The second kappa shape index (κ2) is 10.9. The van der Waals surface area contributed by atoms with E-state index in [0.29, 0.717) is 25.0 Å². The van der Waals surface area contributed by atoms with Gasteiger partial charge >= 0.3 is 0 Å². The molecule has 1 amide bonds. The number of carbonyl (C=O) groups excluding carboxylic acids is 1. The third-order valence-electron chi connectivity index (χ3n) is 5.60. The van der Waals surface area contributed by atoms with Crippen LogP contribution in [-0.2, 0) is 15.4 Å².